The van der Waals surface area contributed by atoms with Gasteiger partial charge in [-0.25, -0.2) is 0 Å². The predicted octanol–water partition coefficient (Wildman–Crippen LogP) is -1.19. The van der Waals surface area contributed by atoms with Gasteiger partial charge in [0.05, 0.1) is 0 Å². The van der Waals surface area contributed by atoms with Crippen molar-refractivity contribution in [2.45, 2.75) is 13.1 Å². The fraction of sp³-hybridized carbons (Fsp3) is 0.500. The first kappa shape index (κ1) is 16.5. The van der Waals surface area contributed by atoms with Gasteiger partial charge in [-0.05, 0) is 6.92 Å². The average Bonchev–Trinajstić information content (AvgIpc) is 2.25. The van der Waals surface area contributed by atoms with E-state index in [4.69, 9.17) is 0 Å². The van der Waals surface area contributed by atoms with Crippen LogP contribution in [0.4, 0.5) is 26.1 Å². The van der Waals surface area contributed by atoms with Gasteiger partial charge in [-0.2, -0.15) is 18.3 Å². The van der Waals surface area contributed by atoms with E-state index in [0.717, 1.165) is 14.0 Å². The van der Waals surface area contributed by atoms with E-state index in [0.29, 0.717) is 4.68 Å². The van der Waals surface area contributed by atoms with Crippen LogP contribution in [0.2, 0.25) is 0 Å². The second kappa shape index (κ2) is 5.01. The molecule has 0 unspecified atom stereocenters. The van der Waals surface area contributed by atoms with Crippen LogP contribution in [0.25, 0.3) is 0 Å². The molecule has 0 aromatic carbocycles. The maximum atomic E-state index is 12.4. The van der Waals surface area contributed by atoms with Crippen molar-refractivity contribution < 1.29 is 77.5 Å². The van der Waals surface area contributed by atoms with Gasteiger partial charge in [-0.1, -0.05) is 5.46 Å². The van der Waals surface area contributed by atoms with Crippen LogP contribution >= 0.6 is 0 Å². The molecule has 0 bridgehead atoms. The SMILES string of the molecule is Cc1c([B-](F)(F)F)c(C(F)(F)F)nn1C.[K+]. The molecule has 0 saturated carbocycles. The van der Waals surface area contributed by atoms with E-state index in [9.17, 15) is 26.1 Å². The molecule has 86 valence electrons. The maximum Gasteiger partial charge on any atom is 1.00 e. The van der Waals surface area contributed by atoms with E-state index >= 15 is 0 Å². The number of halogens is 6. The Morgan fingerprint density at radius 3 is 1.88 bits per heavy atom. The maximum absolute atomic E-state index is 12.4. The smallest absolute Gasteiger partial charge is 0.445 e. The molecule has 0 aliphatic heterocycles. The molecule has 0 fully saturated rings. The molecule has 0 aliphatic carbocycles. The summed E-state index contributed by atoms with van der Waals surface area (Å²) in [5.41, 5.74) is -4.06. The largest absolute Gasteiger partial charge is 1.00 e. The molecule has 0 aliphatic rings. The van der Waals surface area contributed by atoms with E-state index in [-0.39, 0.29) is 51.4 Å². The molecule has 10 heteroatoms. The molecule has 0 atom stereocenters. The van der Waals surface area contributed by atoms with Crippen molar-refractivity contribution in [3.63, 3.8) is 0 Å². The summed E-state index contributed by atoms with van der Waals surface area (Å²) < 4.78 is 74.3. The Hall–Kier alpha value is 0.491. The van der Waals surface area contributed by atoms with Crippen molar-refractivity contribution >= 4 is 12.4 Å². The number of nitrogens with zero attached hydrogens (tertiary/aromatic N) is 2. The van der Waals surface area contributed by atoms with E-state index in [1.54, 1.807) is 0 Å². The zero-order valence-electron chi connectivity index (χ0n) is 8.74. The van der Waals surface area contributed by atoms with Crippen LogP contribution in [0.15, 0.2) is 0 Å². The first-order valence-electron chi connectivity index (χ1n) is 3.85. The second-order valence-electron chi connectivity index (χ2n) is 3.04. The van der Waals surface area contributed by atoms with Crippen LogP contribution in [0, 0.1) is 6.92 Å². The summed E-state index contributed by atoms with van der Waals surface area (Å²) in [4.78, 5) is 0. The Morgan fingerprint density at radius 2 is 1.62 bits per heavy atom. The van der Waals surface area contributed by atoms with Crippen LogP contribution in [-0.4, -0.2) is 16.8 Å². The minimum absolute atomic E-state index is 0. The van der Waals surface area contributed by atoms with Gasteiger partial charge in [0.25, 0.3) is 0 Å². The molecule has 0 saturated heterocycles. The number of aryl methyl sites for hydroxylation is 1. The Balaban J connectivity index is 0.00000225. The first-order valence-corrected chi connectivity index (χ1v) is 3.85. The Morgan fingerprint density at radius 1 is 1.19 bits per heavy atom. The van der Waals surface area contributed by atoms with Crippen LogP contribution in [0.1, 0.15) is 11.4 Å². The van der Waals surface area contributed by atoms with Crippen molar-refractivity contribution in [2.24, 2.45) is 7.05 Å². The summed E-state index contributed by atoms with van der Waals surface area (Å²) in [7, 11) is 1.04. The van der Waals surface area contributed by atoms with Crippen LogP contribution < -0.4 is 56.8 Å². The van der Waals surface area contributed by atoms with Gasteiger partial charge in [0, 0.05) is 12.7 Å². The molecule has 0 radical (unpaired) electrons. The summed E-state index contributed by atoms with van der Waals surface area (Å²) in [5, 5.41) is 2.84. The van der Waals surface area contributed by atoms with Gasteiger partial charge in [-0.3, -0.25) is 4.68 Å². The third-order valence-corrected chi connectivity index (χ3v) is 1.98. The minimum atomic E-state index is -5.71. The van der Waals surface area contributed by atoms with Crippen molar-refractivity contribution in [2.75, 3.05) is 0 Å². The molecule has 1 aromatic heterocycles. The average molecular weight is 270 g/mol. The quantitative estimate of drug-likeness (QED) is 0.463. The van der Waals surface area contributed by atoms with Crippen LogP contribution in [0.3, 0.4) is 0 Å². The first-order chi connectivity index (χ1) is 6.55. The van der Waals surface area contributed by atoms with Gasteiger partial charge < -0.3 is 12.9 Å². The Bertz CT molecular complexity index is 382. The van der Waals surface area contributed by atoms with Crippen molar-refractivity contribution in [3.8, 4) is 0 Å². The molecule has 1 aromatic rings. The zero-order chi connectivity index (χ0) is 12.0. The van der Waals surface area contributed by atoms with E-state index in [1.165, 1.54) is 0 Å². The molecular formula is C6H6BF6KN2. The Kier molecular flexibility index (Phi) is 5.16. The van der Waals surface area contributed by atoms with Crippen molar-refractivity contribution in [3.05, 3.63) is 11.4 Å². The molecule has 1 heterocycles. The van der Waals surface area contributed by atoms with E-state index in [1.807, 2.05) is 0 Å². The number of hydrogen-bond acceptors (Lipinski definition) is 1. The summed E-state index contributed by atoms with van der Waals surface area (Å²) in [5.74, 6) is 0. The molecule has 1 rings (SSSR count). The normalized spacial score (nSPS) is 12.5. The zero-order valence-corrected chi connectivity index (χ0v) is 11.9. The third-order valence-electron chi connectivity index (χ3n) is 1.98. The summed E-state index contributed by atoms with van der Waals surface area (Å²) in [6.45, 7) is -4.76. The minimum Gasteiger partial charge on any atom is -0.445 e. The molecule has 16 heavy (non-hydrogen) atoms. The predicted molar refractivity (Wildman–Crippen MR) is 41.7 cm³/mol. The molecular weight excluding hydrogens is 264 g/mol. The van der Waals surface area contributed by atoms with Crippen LogP contribution in [-0.2, 0) is 13.2 Å². The number of aromatic nitrogens is 2. The van der Waals surface area contributed by atoms with Gasteiger partial charge in [0.2, 0.25) is 0 Å². The number of alkyl halides is 3. The Labute approximate surface area is 130 Å². The monoisotopic (exact) mass is 270 g/mol. The summed E-state index contributed by atoms with van der Waals surface area (Å²) in [6.07, 6.45) is -5.08. The van der Waals surface area contributed by atoms with Crippen LogP contribution in [0.5, 0.6) is 0 Å². The van der Waals surface area contributed by atoms with Gasteiger partial charge >= 0.3 is 64.5 Å². The van der Waals surface area contributed by atoms with Gasteiger partial charge in [-0.15, -0.1) is 0 Å². The van der Waals surface area contributed by atoms with E-state index in [2.05, 4.69) is 5.10 Å². The van der Waals surface area contributed by atoms with Gasteiger partial charge in [0.15, 0.2) is 0 Å². The second-order valence-corrected chi connectivity index (χ2v) is 3.04. The topological polar surface area (TPSA) is 17.8 Å². The fourth-order valence-corrected chi connectivity index (χ4v) is 1.23. The summed E-state index contributed by atoms with van der Waals surface area (Å²) in [6, 6.07) is 0. The number of hydrogen-bond donors (Lipinski definition) is 0. The fourth-order valence-electron chi connectivity index (χ4n) is 1.23. The number of rotatable bonds is 1. The molecule has 0 N–H and O–H groups in total. The molecule has 2 nitrogen and oxygen atoms in total. The third kappa shape index (κ3) is 3.25. The molecule has 0 amide bonds. The van der Waals surface area contributed by atoms with Crippen molar-refractivity contribution in [1.29, 1.82) is 0 Å². The van der Waals surface area contributed by atoms with Gasteiger partial charge in [0.1, 0.15) is 5.69 Å². The van der Waals surface area contributed by atoms with E-state index < -0.39 is 30.0 Å². The molecule has 0 spiro atoms. The van der Waals surface area contributed by atoms with Crippen molar-refractivity contribution in [1.82, 2.24) is 9.78 Å². The standard InChI is InChI=1S/C6H6BF6N2.K/c1-3-4(7(11,12)13)5(6(8,9)10)14-15(3)2;/h1-2H3;/q-1;+1. The summed E-state index contributed by atoms with van der Waals surface area (Å²) >= 11 is 0.